The highest BCUT2D eigenvalue weighted by molar-refractivity contribution is 7.80. The zero-order valence-corrected chi connectivity index (χ0v) is 8.69. The zero-order valence-electron chi connectivity index (χ0n) is 7.87. The van der Waals surface area contributed by atoms with E-state index in [1.54, 1.807) is 0 Å². The first-order chi connectivity index (χ1) is 7.26. The molecule has 5 N–H and O–H groups in total. The number of hydrogen-bond acceptors (Lipinski definition) is 8. The minimum atomic E-state index is -4.91. The lowest BCUT2D eigenvalue weighted by molar-refractivity contribution is -0.282. The van der Waals surface area contributed by atoms with Crippen LogP contribution in [0.4, 0.5) is 0 Å². The Kier molecular flexibility index (Phi) is 4.20. The molecule has 10 heteroatoms. The van der Waals surface area contributed by atoms with Gasteiger partial charge in [0.2, 0.25) is 0 Å². The lowest BCUT2D eigenvalue weighted by Crippen LogP contribution is -2.59. The summed E-state index contributed by atoms with van der Waals surface area (Å²) in [5, 5.41) is 36.5. The molecule has 96 valence electrons. The molecule has 1 rings (SSSR count). The second-order valence-electron chi connectivity index (χ2n) is 3.22. The second kappa shape index (κ2) is 4.89. The van der Waals surface area contributed by atoms with Gasteiger partial charge in [0.1, 0.15) is 24.4 Å². The van der Waals surface area contributed by atoms with Crippen LogP contribution >= 0.6 is 0 Å². The van der Waals surface area contributed by atoms with E-state index in [0.29, 0.717) is 0 Å². The van der Waals surface area contributed by atoms with E-state index in [1.165, 1.54) is 0 Å². The molecule has 1 aliphatic rings. The van der Waals surface area contributed by atoms with Crippen LogP contribution in [0, 0.1) is 0 Å². The van der Waals surface area contributed by atoms with Crippen molar-refractivity contribution in [1.82, 2.24) is 0 Å². The molecule has 1 heterocycles. The highest BCUT2D eigenvalue weighted by Crippen LogP contribution is 2.23. The van der Waals surface area contributed by atoms with Crippen LogP contribution in [-0.4, -0.2) is 70.7 Å². The number of aliphatic hydroxyl groups excluding tert-OH is 4. The third-order valence-electron chi connectivity index (χ3n) is 2.07. The van der Waals surface area contributed by atoms with E-state index in [1.807, 2.05) is 0 Å². The van der Waals surface area contributed by atoms with Gasteiger partial charge in [-0.05, 0) is 0 Å². The Labute approximate surface area is 90.8 Å². The van der Waals surface area contributed by atoms with Crippen LogP contribution in [0.1, 0.15) is 0 Å². The number of hydrogen-bond donors (Lipinski definition) is 5. The minimum Gasteiger partial charge on any atom is -0.394 e. The molecule has 1 fully saturated rings. The first kappa shape index (κ1) is 13.7. The SMILES string of the molecule is O=S(=O)(O)O[C@@H]1[C@H](O)[C@@H](O)O[C@H](CO)[C@H]1O. The fraction of sp³-hybridized carbons (Fsp3) is 1.00. The van der Waals surface area contributed by atoms with Crippen molar-refractivity contribution in [2.45, 2.75) is 30.7 Å². The molecule has 0 aromatic carbocycles. The maximum absolute atomic E-state index is 10.4. The highest BCUT2D eigenvalue weighted by atomic mass is 32.3. The van der Waals surface area contributed by atoms with E-state index in [2.05, 4.69) is 8.92 Å². The zero-order chi connectivity index (χ0) is 12.5. The molecule has 0 bridgehead atoms. The van der Waals surface area contributed by atoms with E-state index in [-0.39, 0.29) is 0 Å². The van der Waals surface area contributed by atoms with Gasteiger partial charge >= 0.3 is 10.4 Å². The van der Waals surface area contributed by atoms with Gasteiger partial charge in [0.15, 0.2) is 6.29 Å². The van der Waals surface area contributed by atoms with Gasteiger partial charge in [-0.1, -0.05) is 0 Å². The van der Waals surface area contributed by atoms with Crippen molar-refractivity contribution < 1.29 is 42.3 Å². The maximum atomic E-state index is 10.4. The van der Waals surface area contributed by atoms with Gasteiger partial charge in [0, 0.05) is 0 Å². The lowest BCUT2D eigenvalue weighted by atomic mass is 9.99. The summed E-state index contributed by atoms with van der Waals surface area (Å²) in [6, 6.07) is 0. The van der Waals surface area contributed by atoms with E-state index in [9.17, 15) is 18.6 Å². The van der Waals surface area contributed by atoms with Crippen LogP contribution in [0.25, 0.3) is 0 Å². The highest BCUT2D eigenvalue weighted by Gasteiger charge is 2.46. The first-order valence-corrected chi connectivity index (χ1v) is 5.59. The monoisotopic (exact) mass is 260 g/mol. The molecule has 0 unspecified atom stereocenters. The largest absolute Gasteiger partial charge is 0.397 e. The van der Waals surface area contributed by atoms with E-state index in [0.717, 1.165) is 0 Å². The fourth-order valence-corrected chi connectivity index (χ4v) is 1.83. The molecule has 1 saturated heterocycles. The Balaban J connectivity index is 2.85. The van der Waals surface area contributed by atoms with E-state index >= 15 is 0 Å². The van der Waals surface area contributed by atoms with Crippen molar-refractivity contribution in [2.24, 2.45) is 0 Å². The van der Waals surface area contributed by atoms with Crippen molar-refractivity contribution in [2.75, 3.05) is 6.61 Å². The average molecular weight is 260 g/mol. The number of aliphatic hydroxyl groups is 4. The standard InChI is InChI=1S/C6H12O9S/c7-1-2-3(8)5(15-16(11,12)13)4(9)6(10)14-2/h2-10H,1H2,(H,11,12,13)/t2-,3-,4+,5+,6+/m1/s1. The molecule has 0 aliphatic carbocycles. The maximum Gasteiger partial charge on any atom is 0.397 e. The summed E-state index contributed by atoms with van der Waals surface area (Å²) in [5.41, 5.74) is 0. The van der Waals surface area contributed by atoms with Crippen LogP contribution in [-0.2, 0) is 19.3 Å². The lowest BCUT2D eigenvalue weighted by Gasteiger charge is -2.38. The van der Waals surface area contributed by atoms with E-state index in [4.69, 9.17) is 14.8 Å². The van der Waals surface area contributed by atoms with Crippen LogP contribution in [0.15, 0.2) is 0 Å². The molecule has 0 aromatic heterocycles. The predicted molar refractivity (Wildman–Crippen MR) is 46.4 cm³/mol. The summed E-state index contributed by atoms with van der Waals surface area (Å²) < 4.78 is 37.8. The normalized spacial score (nSPS) is 40.9. The predicted octanol–water partition coefficient (Wildman–Crippen LogP) is -3.39. The molecule has 0 saturated carbocycles. The third kappa shape index (κ3) is 3.09. The molecule has 0 spiro atoms. The van der Waals surface area contributed by atoms with Crippen LogP contribution in [0.5, 0.6) is 0 Å². The quantitative estimate of drug-likeness (QED) is 0.327. The summed E-state index contributed by atoms with van der Waals surface area (Å²) in [4.78, 5) is 0. The van der Waals surface area contributed by atoms with Crippen LogP contribution < -0.4 is 0 Å². The van der Waals surface area contributed by atoms with Gasteiger partial charge < -0.3 is 25.2 Å². The van der Waals surface area contributed by atoms with Gasteiger partial charge in [-0.25, -0.2) is 4.18 Å². The van der Waals surface area contributed by atoms with Gasteiger partial charge in [-0.15, -0.1) is 0 Å². The fourth-order valence-electron chi connectivity index (χ4n) is 1.32. The number of rotatable bonds is 3. The van der Waals surface area contributed by atoms with Crippen molar-refractivity contribution in [3.8, 4) is 0 Å². The summed E-state index contributed by atoms with van der Waals surface area (Å²) >= 11 is 0. The van der Waals surface area contributed by atoms with Crippen LogP contribution in [0.3, 0.4) is 0 Å². The summed E-state index contributed by atoms with van der Waals surface area (Å²) in [5.74, 6) is 0. The molecule has 5 atom stereocenters. The topological polar surface area (TPSA) is 154 Å². The van der Waals surface area contributed by atoms with Crippen molar-refractivity contribution in [3.05, 3.63) is 0 Å². The number of ether oxygens (including phenoxy) is 1. The molecule has 9 nitrogen and oxygen atoms in total. The smallest absolute Gasteiger partial charge is 0.394 e. The summed E-state index contributed by atoms with van der Waals surface area (Å²) in [6.45, 7) is -0.726. The average Bonchev–Trinajstić information content (AvgIpc) is 2.17. The van der Waals surface area contributed by atoms with Gasteiger partial charge in [-0.3, -0.25) is 4.55 Å². The van der Waals surface area contributed by atoms with Gasteiger partial charge in [-0.2, -0.15) is 8.42 Å². The van der Waals surface area contributed by atoms with Crippen molar-refractivity contribution in [3.63, 3.8) is 0 Å². The third-order valence-corrected chi connectivity index (χ3v) is 2.54. The first-order valence-electron chi connectivity index (χ1n) is 4.22. The Morgan fingerprint density at radius 2 is 1.75 bits per heavy atom. The Bertz CT molecular complexity index is 327. The van der Waals surface area contributed by atoms with Crippen molar-refractivity contribution in [1.29, 1.82) is 0 Å². The Hall–Kier alpha value is -0.330. The summed E-state index contributed by atoms with van der Waals surface area (Å²) in [6.07, 6.45) is -8.58. The Morgan fingerprint density at radius 3 is 2.19 bits per heavy atom. The molecule has 1 aliphatic heterocycles. The molecule has 0 aromatic rings. The molecule has 0 radical (unpaired) electrons. The second-order valence-corrected chi connectivity index (χ2v) is 4.27. The van der Waals surface area contributed by atoms with Crippen molar-refractivity contribution >= 4 is 10.4 Å². The molecule has 0 amide bonds. The van der Waals surface area contributed by atoms with E-state index < -0.39 is 47.7 Å². The van der Waals surface area contributed by atoms with Gasteiger partial charge in [0.05, 0.1) is 6.61 Å². The van der Waals surface area contributed by atoms with Crippen LogP contribution in [0.2, 0.25) is 0 Å². The molecular weight excluding hydrogens is 248 g/mol. The van der Waals surface area contributed by atoms with Gasteiger partial charge in [0.25, 0.3) is 0 Å². The molecular formula is C6H12O9S. The summed E-state index contributed by atoms with van der Waals surface area (Å²) in [7, 11) is -4.91. The molecule has 16 heavy (non-hydrogen) atoms. The Morgan fingerprint density at radius 1 is 1.19 bits per heavy atom. The minimum absolute atomic E-state index is 0.726.